The van der Waals surface area contributed by atoms with Gasteiger partial charge in [-0.15, -0.1) is 11.8 Å². The summed E-state index contributed by atoms with van der Waals surface area (Å²) in [6.07, 6.45) is 0. The third-order valence-electron chi connectivity index (χ3n) is 2.50. The normalized spacial score (nSPS) is 10.3. The molecule has 0 heterocycles. The van der Waals surface area contributed by atoms with Gasteiger partial charge >= 0.3 is 0 Å². The van der Waals surface area contributed by atoms with Crippen molar-refractivity contribution in [2.24, 2.45) is 0 Å². The van der Waals surface area contributed by atoms with Gasteiger partial charge in [0.25, 0.3) is 0 Å². The summed E-state index contributed by atoms with van der Waals surface area (Å²) >= 11 is 1.82. The molecule has 1 nitrogen and oxygen atoms in total. The van der Waals surface area contributed by atoms with Crippen molar-refractivity contribution in [3.63, 3.8) is 0 Å². The molecule has 2 aromatic rings. The van der Waals surface area contributed by atoms with Gasteiger partial charge in [-0.1, -0.05) is 36.4 Å². The van der Waals surface area contributed by atoms with Crippen molar-refractivity contribution in [3.05, 3.63) is 59.7 Å². The number of hydrogen-bond acceptors (Lipinski definition) is 2. The van der Waals surface area contributed by atoms with Gasteiger partial charge in [0.1, 0.15) is 0 Å². The van der Waals surface area contributed by atoms with Crippen molar-refractivity contribution in [2.75, 3.05) is 5.73 Å². The first kappa shape index (κ1) is 11.1. The van der Waals surface area contributed by atoms with Crippen LogP contribution >= 0.6 is 11.8 Å². The average Bonchev–Trinajstić information content (AvgIpc) is 2.32. The Kier molecular flexibility index (Phi) is 3.52. The van der Waals surface area contributed by atoms with E-state index in [9.17, 15) is 0 Å². The molecule has 0 atom stereocenters. The Morgan fingerprint density at radius 2 is 1.81 bits per heavy atom. The van der Waals surface area contributed by atoms with Crippen molar-refractivity contribution in [1.29, 1.82) is 0 Å². The number of thioether (sulfide) groups is 1. The van der Waals surface area contributed by atoms with Crippen LogP contribution in [0.4, 0.5) is 5.69 Å². The van der Waals surface area contributed by atoms with Crippen LogP contribution in [0.25, 0.3) is 0 Å². The van der Waals surface area contributed by atoms with Gasteiger partial charge in [0.2, 0.25) is 0 Å². The van der Waals surface area contributed by atoms with Crippen LogP contribution in [0.2, 0.25) is 0 Å². The summed E-state index contributed by atoms with van der Waals surface area (Å²) in [6, 6.07) is 16.7. The second-order valence-corrected chi connectivity index (χ2v) is 4.84. The molecule has 82 valence electrons. The van der Waals surface area contributed by atoms with E-state index in [1.54, 1.807) is 0 Å². The number of nitrogens with two attached hydrogens (primary N) is 1. The number of hydrogen-bond donors (Lipinski definition) is 1. The first-order valence-electron chi connectivity index (χ1n) is 5.28. The molecule has 0 saturated carbocycles. The Hall–Kier alpha value is -1.41. The van der Waals surface area contributed by atoms with Gasteiger partial charge in [-0.05, 0) is 30.2 Å². The predicted molar refractivity (Wildman–Crippen MR) is 71.6 cm³/mol. The van der Waals surface area contributed by atoms with Crippen LogP contribution in [0, 0.1) is 6.92 Å². The second kappa shape index (κ2) is 5.08. The Bertz CT molecular complexity index is 465. The minimum atomic E-state index is 0.873. The largest absolute Gasteiger partial charge is 0.398 e. The van der Waals surface area contributed by atoms with Crippen molar-refractivity contribution < 1.29 is 0 Å². The van der Waals surface area contributed by atoms with Gasteiger partial charge in [0.05, 0.1) is 0 Å². The fourth-order valence-corrected chi connectivity index (χ4v) is 2.35. The maximum atomic E-state index is 5.88. The minimum absolute atomic E-state index is 0.873. The standard InChI is InChI=1S/C14H15NS/c1-11-7-8-13(9-14(11)15)16-10-12-5-3-2-4-6-12/h2-9H,10,15H2,1H3. The van der Waals surface area contributed by atoms with Gasteiger partial charge in [0, 0.05) is 16.3 Å². The number of rotatable bonds is 3. The molecule has 0 saturated heterocycles. The van der Waals surface area contributed by atoms with Crippen molar-refractivity contribution in [1.82, 2.24) is 0 Å². The summed E-state index contributed by atoms with van der Waals surface area (Å²) in [5.74, 6) is 0.989. The maximum Gasteiger partial charge on any atom is 0.0354 e. The van der Waals surface area contributed by atoms with Crippen LogP contribution in [0.5, 0.6) is 0 Å². The average molecular weight is 229 g/mol. The third-order valence-corrected chi connectivity index (χ3v) is 3.56. The van der Waals surface area contributed by atoms with Crippen molar-refractivity contribution in [2.45, 2.75) is 17.6 Å². The number of nitrogen functional groups attached to an aromatic ring is 1. The van der Waals surface area contributed by atoms with Gasteiger partial charge in [-0.2, -0.15) is 0 Å². The quantitative estimate of drug-likeness (QED) is 0.638. The van der Waals surface area contributed by atoms with E-state index < -0.39 is 0 Å². The van der Waals surface area contributed by atoms with E-state index in [0.717, 1.165) is 17.0 Å². The summed E-state index contributed by atoms with van der Waals surface area (Å²) in [5, 5.41) is 0. The van der Waals surface area contributed by atoms with Crippen LogP contribution in [-0.2, 0) is 5.75 Å². The van der Waals surface area contributed by atoms with E-state index in [2.05, 4.69) is 36.4 Å². The monoisotopic (exact) mass is 229 g/mol. The smallest absolute Gasteiger partial charge is 0.0354 e. The molecular formula is C14H15NS. The Balaban J connectivity index is 2.03. The first-order chi connectivity index (χ1) is 7.75. The lowest BCUT2D eigenvalue weighted by Gasteiger charge is -2.05. The van der Waals surface area contributed by atoms with E-state index >= 15 is 0 Å². The molecule has 0 aliphatic rings. The highest BCUT2D eigenvalue weighted by Crippen LogP contribution is 2.25. The van der Waals surface area contributed by atoms with Crippen LogP contribution in [0.15, 0.2) is 53.4 Å². The zero-order valence-corrected chi connectivity index (χ0v) is 10.1. The molecule has 0 amide bonds. The molecule has 0 bridgehead atoms. The molecule has 0 unspecified atom stereocenters. The molecule has 2 aromatic carbocycles. The highest BCUT2D eigenvalue weighted by molar-refractivity contribution is 7.98. The van der Waals surface area contributed by atoms with Gasteiger partial charge in [-0.3, -0.25) is 0 Å². The zero-order valence-electron chi connectivity index (χ0n) is 9.31. The molecular weight excluding hydrogens is 214 g/mol. The summed E-state index contributed by atoms with van der Waals surface area (Å²) in [7, 11) is 0. The maximum absolute atomic E-state index is 5.88. The van der Waals surface area contributed by atoms with Crippen LogP contribution in [-0.4, -0.2) is 0 Å². The molecule has 2 heteroatoms. The van der Waals surface area contributed by atoms with E-state index in [4.69, 9.17) is 5.73 Å². The highest BCUT2D eigenvalue weighted by atomic mass is 32.2. The van der Waals surface area contributed by atoms with Crippen LogP contribution in [0.1, 0.15) is 11.1 Å². The second-order valence-electron chi connectivity index (χ2n) is 3.79. The Morgan fingerprint density at radius 3 is 2.50 bits per heavy atom. The molecule has 16 heavy (non-hydrogen) atoms. The molecule has 2 rings (SSSR count). The van der Waals surface area contributed by atoms with E-state index in [1.807, 2.05) is 30.8 Å². The van der Waals surface area contributed by atoms with Crippen LogP contribution < -0.4 is 5.73 Å². The van der Waals surface area contributed by atoms with Gasteiger partial charge in [0.15, 0.2) is 0 Å². The molecule has 0 radical (unpaired) electrons. The van der Waals surface area contributed by atoms with E-state index in [1.165, 1.54) is 10.5 Å². The zero-order chi connectivity index (χ0) is 11.4. The lowest BCUT2D eigenvalue weighted by molar-refractivity contribution is 1.35. The summed E-state index contributed by atoms with van der Waals surface area (Å²) in [6.45, 7) is 2.03. The predicted octanol–water partition coefficient (Wildman–Crippen LogP) is 3.87. The summed E-state index contributed by atoms with van der Waals surface area (Å²) in [5.41, 5.74) is 9.23. The molecule has 0 aromatic heterocycles. The molecule has 0 aliphatic carbocycles. The molecule has 0 spiro atoms. The Labute approximate surface area is 101 Å². The van der Waals surface area contributed by atoms with E-state index in [0.29, 0.717) is 0 Å². The summed E-state index contributed by atoms with van der Waals surface area (Å²) < 4.78 is 0. The first-order valence-corrected chi connectivity index (χ1v) is 6.27. The Morgan fingerprint density at radius 1 is 1.06 bits per heavy atom. The van der Waals surface area contributed by atoms with E-state index in [-0.39, 0.29) is 0 Å². The number of anilines is 1. The number of benzene rings is 2. The highest BCUT2D eigenvalue weighted by Gasteiger charge is 1.98. The fraction of sp³-hybridized carbons (Fsp3) is 0.143. The topological polar surface area (TPSA) is 26.0 Å². The minimum Gasteiger partial charge on any atom is -0.398 e. The van der Waals surface area contributed by atoms with Gasteiger partial charge < -0.3 is 5.73 Å². The molecule has 0 fully saturated rings. The lowest BCUT2D eigenvalue weighted by atomic mass is 10.2. The number of aryl methyl sites for hydroxylation is 1. The molecule has 0 aliphatic heterocycles. The van der Waals surface area contributed by atoms with Gasteiger partial charge in [-0.25, -0.2) is 0 Å². The molecule has 2 N–H and O–H groups in total. The SMILES string of the molecule is Cc1ccc(SCc2ccccc2)cc1N. The lowest BCUT2D eigenvalue weighted by Crippen LogP contribution is -1.89. The fourth-order valence-electron chi connectivity index (χ4n) is 1.45. The summed E-state index contributed by atoms with van der Waals surface area (Å²) in [4.78, 5) is 1.23. The van der Waals surface area contributed by atoms with Crippen LogP contribution in [0.3, 0.4) is 0 Å². The van der Waals surface area contributed by atoms with Crippen molar-refractivity contribution in [3.8, 4) is 0 Å². The van der Waals surface area contributed by atoms with Crippen molar-refractivity contribution >= 4 is 17.4 Å². The third kappa shape index (κ3) is 2.80.